The van der Waals surface area contributed by atoms with Crippen LogP contribution in [0.5, 0.6) is 0 Å². The molecule has 0 saturated carbocycles. The van der Waals surface area contributed by atoms with Crippen molar-refractivity contribution < 1.29 is 28.7 Å². The number of piperidine rings is 1. The van der Waals surface area contributed by atoms with Crippen molar-refractivity contribution in [2.24, 2.45) is 0 Å². The number of carbonyl (C=O) groups is 5. The molecule has 10 heteroatoms. The zero-order chi connectivity index (χ0) is 24.0. The standard InChI is InChI=1S/C23H36N4O6/c1-16-7-5-12-25(16)22(31)17(2)24-21(30)18-8-3-4-11-27(18)23(32)19-9-6-13-26(19)20(29)10-14-33-15-28/h15-19H,3-14H2,1-2H3,(H,24,30). The molecule has 3 aliphatic heterocycles. The van der Waals surface area contributed by atoms with Crippen LogP contribution in [-0.2, 0) is 28.7 Å². The molecule has 4 unspecified atom stereocenters. The molecule has 3 aliphatic rings. The van der Waals surface area contributed by atoms with Gasteiger partial charge in [-0.05, 0) is 58.8 Å². The fraction of sp³-hybridized carbons (Fsp3) is 0.783. The number of amides is 4. The molecule has 0 radical (unpaired) electrons. The summed E-state index contributed by atoms with van der Waals surface area (Å²) in [6, 6.07) is -1.73. The van der Waals surface area contributed by atoms with Crippen LogP contribution in [0.25, 0.3) is 0 Å². The van der Waals surface area contributed by atoms with Crippen molar-refractivity contribution in [3.63, 3.8) is 0 Å². The lowest BCUT2D eigenvalue weighted by Gasteiger charge is -2.38. The summed E-state index contributed by atoms with van der Waals surface area (Å²) in [4.78, 5) is 67.1. The quantitative estimate of drug-likeness (QED) is 0.412. The molecule has 10 nitrogen and oxygen atoms in total. The van der Waals surface area contributed by atoms with Crippen LogP contribution >= 0.6 is 0 Å². The Hall–Kier alpha value is -2.65. The molecule has 0 bridgehead atoms. The van der Waals surface area contributed by atoms with E-state index in [9.17, 15) is 24.0 Å². The topological polar surface area (TPSA) is 116 Å². The molecule has 4 amide bonds. The van der Waals surface area contributed by atoms with E-state index >= 15 is 0 Å². The summed E-state index contributed by atoms with van der Waals surface area (Å²) in [5.41, 5.74) is 0. The average molecular weight is 465 g/mol. The first-order valence-corrected chi connectivity index (χ1v) is 12.1. The van der Waals surface area contributed by atoms with Crippen molar-refractivity contribution in [2.45, 2.75) is 89.4 Å². The molecule has 3 rings (SSSR count). The number of hydrogen-bond acceptors (Lipinski definition) is 6. The van der Waals surface area contributed by atoms with Gasteiger partial charge < -0.3 is 24.8 Å². The summed E-state index contributed by atoms with van der Waals surface area (Å²) < 4.78 is 4.62. The molecular formula is C23H36N4O6. The highest BCUT2D eigenvalue weighted by atomic mass is 16.5. The van der Waals surface area contributed by atoms with Crippen LogP contribution in [-0.4, -0.2) is 95.2 Å². The first-order chi connectivity index (χ1) is 15.8. The summed E-state index contributed by atoms with van der Waals surface area (Å²) in [6.07, 6.45) is 5.37. The molecule has 0 aromatic heterocycles. The molecule has 184 valence electrons. The second-order valence-corrected chi connectivity index (χ2v) is 9.26. The van der Waals surface area contributed by atoms with Crippen molar-refractivity contribution in [3.05, 3.63) is 0 Å². The third-order valence-electron chi connectivity index (χ3n) is 7.01. The van der Waals surface area contributed by atoms with Gasteiger partial charge in [0.15, 0.2) is 0 Å². The van der Waals surface area contributed by atoms with Crippen molar-refractivity contribution in [3.8, 4) is 0 Å². The number of nitrogens with one attached hydrogen (secondary N) is 1. The Balaban J connectivity index is 1.63. The van der Waals surface area contributed by atoms with E-state index < -0.39 is 18.1 Å². The Morgan fingerprint density at radius 2 is 1.61 bits per heavy atom. The molecular weight excluding hydrogens is 428 g/mol. The normalized spacial score (nSPS) is 26.1. The average Bonchev–Trinajstić information content (AvgIpc) is 3.47. The predicted octanol–water partition coefficient (Wildman–Crippen LogP) is 0.437. The zero-order valence-corrected chi connectivity index (χ0v) is 19.7. The van der Waals surface area contributed by atoms with Gasteiger partial charge >= 0.3 is 0 Å². The molecule has 0 aromatic carbocycles. The molecule has 3 saturated heterocycles. The molecule has 0 aromatic rings. The molecule has 1 N–H and O–H groups in total. The highest BCUT2D eigenvalue weighted by Crippen LogP contribution is 2.25. The SMILES string of the molecule is CC(NC(=O)C1CCCCN1C(=O)C1CCCN1C(=O)CCOC=O)C(=O)N1CCCC1C. The van der Waals surface area contributed by atoms with E-state index in [-0.39, 0.29) is 42.7 Å². The van der Waals surface area contributed by atoms with Gasteiger partial charge in [0.05, 0.1) is 13.0 Å². The Kier molecular flexibility index (Phi) is 8.68. The highest BCUT2D eigenvalue weighted by Gasteiger charge is 2.41. The molecule has 0 aliphatic carbocycles. The van der Waals surface area contributed by atoms with E-state index in [0.29, 0.717) is 45.4 Å². The molecule has 3 fully saturated rings. The lowest BCUT2D eigenvalue weighted by Crippen LogP contribution is -2.59. The predicted molar refractivity (Wildman–Crippen MR) is 119 cm³/mol. The molecule has 0 spiro atoms. The first kappa shape index (κ1) is 25.0. The fourth-order valence-corrected chi connectivity index (χ4v) is 5.20. The Bertz CT molecular complexity index is 759. The third kappa shape index (κ3) is 5.83. The van der Waals surface area contributed by atoms with Crippen LogP contribution in [0, 0.1) is 0 Å². The summed E-state index contributed by atoms with van der Waals surface area (Å²) in [6.45, 7) is 5.62. The van der Waals surface area contributed by atoms with Gasteiger partial charge in [-0.1, -0.05) is 0 Å². The smallest absolute Gasteiger partial charge is 0.293 e. The minimum atomic E-state index is -0.653. The van der Waals surface area contributed by atoms with Gasteiger partial charge in [0.2, 0.25) is 23.6 Å². The van der Waals surface area contributed by atoms with E-state index in [4.69, 9.17) is 0 Å². The summed E-state index contributed by atoms with van der Waals surface area (Å²) in [7, 11) is 0. The Morgan fingerprint density at radius 1 is 0.939 bits per heavy atom. The van der Waals surface area contributed by atoms with Gasteiger partial charge in [-0.3, -0.25) is 24.0 Å². The maximum atomic E-state index is 13.4. The molecule has 33 heavy (non-hydrogen) atoms. The number of hydrogen-bond donors (Lipinski definition) is 1. The van der Waals surface area contributed by atoms with Crippen LogP contribution in [0.15, 0.2) is 0 Å². The van der Waals surface area contributed by atoms with E-state index in [2.05, 4.69) is 10.1 Å². The Labute approximate surface area is 195 Å². The minimum Gasteiger partial charge on any atom is -0.467 e. The fourth-order valence-electron chi connectivity index (χ4n) is 5.20. The second-order valence-electron chi connectivity index (χ2n) is 9.26. The maximum absolute atomic E-state index is 13.4. The van der Waals surface area contributed by atoms with Gasteiger partial charge in [-0.25, -0.2) is 0 Å². The van der Waals surface area contributed by atoms with Crippen LogP contribution in [0.3, 0.4) is 0 Å². The first-order valence-electron chi connectivity index (χ1n) is 12.1. The van der Waals surface area contributed by atoms with Crippen LogP contribution < -0.4 is 5.32 Å². The number of nitrogens with zero attached hydrogens (tertiary/aromatic N) is 3. The van der Waals surface area contributed by atoms with Crippen LogP contribution in [0.2, 0.25) is 0 Å². The van der Waals surface area contributed by atoms with E-state index in [1.807, 2.05) is 11.8 Å². The van der Waals surface area contributed by atoms with E-state index in [0.717, 1.165) is 25.7 Å². The van der Waals surface area contributed by atoms with Crippen LogP contribution in [0.4, 0.5) is 0 Å². The van der Waals surface area contributed by atoms with Gasteiger partial charge in [0.25, 0.3) is 6.47 Å². The number of likely N-dealkylation sites (tertiary alicyclic amines) is 3. The summed E-state index contributed by atoms with van der Waals surface area (Å²) in [5, 5.41) is 2.84. The van der Waals surface area contributed by atoms with E-state index in [1.165, 1.54) is 0 Å². The van der Waals surface area contributed by atoms with Crippen molar-refractivity contribution in [1.29, 1.82) is 0 Å². The van der Waals surface area contributed by atoms with Crippen molar-refractivity contribution in [2.75, 3.05) is 26.2 Å². The summed E-state index contributed by atoms with van der Waals surface area (Å²) >= 11 is 0. The zero-order valence-electron chi connectivity index (χ0n) is 19.7. The van der Waals surface area contributed by atoms with E-state index in [1.54, 1.807) is 16.7 Å². The second kappa shape index (κ2) is 11.5. The van der Waals surface area contributed by atoms with Gasteiger partial charge in [0.1, 0.15) is 18.1 Å². The minimum absolute atomic E-state index is 0.0178. The van der Waals surface area contributed by atoms with Crippen molar-refractivity contribution >= 4 is 30.1 Å². The molecule has 3 heterocycles. The van der Waals surface area contributed by atoms with Crippen LogP contribution in [0.1, 0.15) is 65.2 Å². The lowest BCUT2D eigenvalue weighted by atomic mass is 9.99. The Morgan fingerprint density at radius 3 is 2.30 bits per heavy atom. The number of ether oxygens (including phenoxy) is 1. The highest BCUT2D eigenvalue weighted by molar-refractivity contribution is 5.94. The molecule has 4 atom stereocenters. The van der Waals surface area contributed by atoms with Gasteiger partial charge in [-0.2, -0.15) is 0 Å². The third-order valence-corrected chi connectivity index (χ3v) is 7.01. The largest absolute Gasteiger partial charge is 0.467 e. The lowest BCUT2D eigenvalue weighted by molar-refractivity contribution is -0.150. The number of carbonyl (C=O) groups excluding carboxylic acids is 5. The van der Waals surface area contributed by atoms with Gasteiger partial charge in [0, 0.05) is 25.7 Å². The van der Waals surface area contributed by atoms with Crippen molar-refractivity contribution in [1.82, 2.24) is 20.0 Å². The summed E-state index contributed by atoms with van der Waals surface area (Å²) in [5.74, 6) is -0.855. The van der Waals surface area contributed by atoms with Gasteiger partial charge in [-0.15, -0.1) is 0 Å². The maximum Gasteiger partial charge on any atom is 0.293 e. The monoisotopic (exact) mass is 464 g/mol. The number of rotatable bonds is 8.